The van der Waals surface area contributed by atoms with Gasteiger partial charge in [-0.2, -0.15) is 0 Å². The number of fused-ring (bicyclic) bond motifs is 1. The molecule has 2 N–H and O–H groups in total. The van der Waals surface area contributed by atoms with Gasteiger partial charge in [0, 0.05) is 0 Å². The zero-order chi connectivity index (χ0) is 10.1. The van der Waals surface area contributed by atoms with E-state index in [2.05, 4.69) is 25.3 Å². The molecular weight excluding hydrogens is 210 g/mol. The van der Waals surface area contributed by atoms with Gasteiger partial charge in [-0.1, -0.05) is 0 Å². The van der Waals surface area contributed by atoms with Crippen LogP contribution in [0.15, 0.2) is 30.3 Å². The van der Waals surface area contributed by atoms with E-state index >= 15 is 0 Å². The Bertz CT molecular complexity index is 571. The van der Waals surface area contributed by atoms with Crippen LogP contribution in [0.5, 0.6) is 0 Å². The van der Waals surface area contributed by atoms with Crippen LogP contribution in [0.1, 0.15) is 0 Å². The Morgan fingerprint density at radius 3 is 3.20 bits per heavy atom. The van der Waals surface area contributed by atoms with Gasteiger partial charge in [-0.15, -0.1) is 11.3 Å². The van der Waals surface area contributed by atoms with Gasteiger partial charge >= 0.3 is 0 Å². The predicted octanol–water partition coefficient (Wildman–Crippen LogP) is 2.16. The van der Waals surface area contributed by atoms with E-state index in [0.29, 0.717) is 0 Å². The minimum atomic E-state index is 0.797. The van der Waals surface area contributed by atoms with Crippen molar-refractivity contribution in [1.29, 1.82) is 0 Å². The van der Waals surface area contributed by atoms with Gasteiger partial charge in [0.15, 0.2) is 0 Å². The molecular formula is C9H7N5S. The van der Waals surface area contributed by atoms with Crippen LogP contribution < -0.4 is 5.32 Å². The van der Waals surface area contributed by atoms with E-state index in [9.17, 15) is 0 Å². The highest BCUT2D eigenvalue weighted by atomic mass is 32.1. The third-order valence-corrected chi connectivity index (χ3v) is 2.83. The number of hydrogen-bond acceptors (Lipinski definition) is 5. The lowest BCUT2D eigenvalue weighted by molar-refractivity contribution is 1.22. The summed E-state index contributed by atoms with van der Waals surface area (Å²) in [5.41, 5.74) is 0. The van der Waals surface area contributed by atoms with Crippen LogP contribution in [0.2, 0.25) is 0 Å². The van der Waals surface area contributed by atoms with Crippen LogP contribution in [0.4, 0.5) is 11.6 Å². The second kappa shape index (κ2) is 3.32. The molecule has 0 radical (unpaired) electrons. The monoisotopic (exact) mass is 217 g/mol. The first-order valence-corrected chi connectivity index (χ1v) is 5.25. The predicted molar refractivity (Wildman–Crippen MR) is 59.3 cm³/mol. The normalized spacial score (nSPS) is 10.7. The third kappa shape index (κ3) is 1.44. The minimum Gasteiger partial charge on any atom is -0.331 e. The van der Waals surface area contributed by atoms with Crippen molar-refractivity contribution in [2.45, 2.75) is 0 Å². The number of anilines is 2. The van der Waals surface area contributed by atoms with Crippen molar-refractivity contribution < 1.29 is 0 Å². The fraction of sp³-hybridized carbons (Fsp3) is 0. The van der Waals surface area contributed by atoms with Crippen LogP contribution in [0, 0.1) is 0 Å². The lowest BCUT2D eigenvalue weighted by atomic mass is 10.4. The molecule has 74 valence electrons. The number of aromatic amines is 1. The van der Waals surface area contributed by atoms with Gasteiger partial charge < -0.3 is 10.3 Å². The van der Waals surface area contributed by atoms with Crippen molar-refractivity contribution in [2.75, 3.05) is 5.32 Å². The zero-order valence-electron chi connectivity index (χ0n) is 7.64. The first-order valence-electron chi connectivity index (χ1n) is 4.37. The largest absolute Gasteiger partial charge is 0.331 e. The van der Waals surface area contributed by atoms with E-state index in [-0.39, 0.29) is 0 Å². The van der Waals surface area contributed by atoms with E-state index in [1.165, 1.54) is 0 Å². The molecule has 3 aromatic heterocycles. The first-order chi connectivity index (χ1) is 7.43. The summed E-state index contributed by atoms with van der Waals surface area (Å²) in [5, 5.41) is 6.17. The molecule has 3 rings (SSSR count). The molecule has 15 heavy (non-hydrogen) atoms. The lowest BCUT2D eigenvalue weighted by Crippen LogP contribution is -1.94. The third-order valence-electron chi connectivity index (χ3n) is 2.01. The molecule has 0 unspecified atom stereocenters. The molecule has 0 aliphatic carbocycles. The Hall–Kier alpha value is -1.95. The minimum absolute atomic E-state index is 0.797. The number of nitrogens with zero attached hydrogens (tertiary/aromatic N) is 3. The van der Waals surface area contributed by atoms with E-state index in [1.54, 1.807) is 30.2 Å². The Kier molecular flexibility index (Phi) is 1.85. The second-order valence-electron chi connectivity index (χ2n) is 2.95. The van der Waals surface area contributed by atoms with Gasteiger partial charge in [0.05, 0.1) is 17.9 Å². The summed E-state index contributed by atoms with van der Waals surface area (Å²) in [6.45, 7) is 0. The maximum atomic E-state index is 4.19. The van der Waals surface area contributed by atoms with E-state index in [1.807, 2.05) is 11.4 Å². The quantitative estimate of drug-likeness (QED) is 0.690. The number of aromatic nitrogens is 4. The summed E-state index contributed by atoms with van der Waals surface area (Å²) in [7, 11) is 0. The van der Waals surface area contributed by atoms with Crippen molar-refractivity contribution >= 4 is 33.2 Å². The van der Waals surface area contributed by atoms with E-state index in [0.717, 1.165) is 21.9 Å². The zero-order valence-corrected chi connectivity index (χ0v) is 8.45. The van der Waals surface area contributed by atoms with Crippen molar-refractivity contribution in [1.82, 2.24) is 19.9 Å². The first kappa shape index (κ1) is 8.37. The molecule has 5 nitrogen and oxygen atoms in total. The summed E-state index contributed by atoms with van der Waals surface area (Å²) in [4.78, 5) is 16.2. The average Bonchev–Trinajstić information content (AvgIpc) is 2.87. The molecule has 6 heteroatoms. The smallest absolute Gasteiger partial charge is 0.143 e. The van der Waals surface area contributed by atoms with Gasteiger partial charge in [-0.05, 0) is 11.4 Å². The summed E-state index contributed by atoms with van der Waals surface area (Å²) in [6.07, 6.45) is 4.88. The molecule has 0 aliphatic heterocycles. The van der Waals surface area contributed by atoms with Crippen molar-refractivity contribution in [2.24, 2.45) is 0 Å². The Morgan fingerprint density at radius 2 is 2.33 bits per heavy atom. The van der Waals surface area contributed by atoms with Gasteiger partial charge in [0.1, 0.15) is 22.8 Å². The van der Waals surface area contributed by atoms with Gasteiger partial charge in [0.25, 0.3) is 0 Å². The summed E-state index contributed by atoms with van der Waals surface area (Å²) in [6, 6.07) is 2.00. The highest BCUT2D eigenvalue weighted by molar-refractivity contribution is 7.16. The van der Waals surface area contributed by atoms with Gasteiger partial charge in [-0.3, -0.25) is 0 Å². The number of nitrogens with one attached hydrogen (secondary N) is 2. The van der Waals surface area contributed by atoms with E-state index in [4.69, 9.17) is 0 Å². The maximum absolute atomic E-state index is 4.19. The SMILES string of the molecule is c1nc(Nc2cnc[nH]2)c2ccsc2n1. The number of rotatable bonds is 2. The number of thiophene rings is 1. The molecule has 0 aliphatic rings. The molecule has 0 aromatic carbocycles. The Morgan fingerprint density at radius 1 is 1.33 bits per heavy atom. The molecule has 0 fully saturated rings. The Balaban J connectivity index is 2.07. The summed E-state index contributed by atoms with van der Waals surface area (Å²) < 4.78 is 0. The van der Waals surface area contributed by atoms with Crippen LogP contribution in [0.3, 0.4) is 0 Å². The lowest BCUT2D eigenvalue weighted by Gasteiger charge is -2.02. The van der Waals surface area contributed by atoms with E-state index < -0.39 is 0 Å². The van der Waals surface area contributed by atoms with Crippen LogP contribution in [-0.4, -0.2) is 19.9 Å². The fourth-order valence-electron chi connectivity index (χ4n) is 1.34. The molecule has 0 atom stereocenters. The van der Waals surface area contributed by atoms with Crippen molar-refractivity contribution in [3.05, 3.63) is 30.3 Å². The molecule has 0 amide bonds. The fourth-order valence-corrected chi connectivity index (χ4v) is 2.07. The number of H-pyrrole nitrogens is 1. The molecule has 0 spiro atoms. The van der Waals surface area contributed by atoms with Crippen LogP contribution in [-0.2, 0) is 0 Å². The van der Waals surface area contributed by atoms with Crippen LogP contribution >= 0.6 is 11.3 Å². The summed E-state index contributed by atoms with van der Waals surface area (Å²) >= 11 is 1.60. The standard InChI is InChI=1S/C9H7N5S/c1-2-15-9-6(1)8(12-5-13-9)14-7-3-10-4-11-7/h1-5H,(H,10,11)(H,12,13,14). The highest BCUT2D eigenvalue weighted by Gasteiger charge is 2.04. The second-order valence-corrected chi connectivity index (χ2v) is 3.85. The topological polar surface area (TPSA) is 66.5 Å². The molecule has 3 heterocycles. The van der Waals surface area contributed by atoms with Crippen molar-refractivity contribution in [3.8, 4) is 0 Å². The van der Waals surface area contributed by atoms with Gasteiger partial charge in [-0.25, -0.2) is 15.0 Å². The molecule has 0 saturated carbocycles. The van der Waals surface area contributed by atoms with Crippen LogP contribution in [0.25, 0.3) is 10.2 Å². The number of imidazole rings is 1. The summed E-state index contributed by atoms with van der Waals surface area (Å²) in [5.74, 6) is 1.62. The molecule has 0 saturated heterocycles. The highest BCUT2D eigenvalue weighted by Crippen LogP contribution is 2.25. The van der Waals surface area contributed by atoms with Crippen molar-refractivity contribution in [3.63, 3.8) is 0 Å². The number of hydrogen-bond donors (Lipinski definition) is 2. The Labute approximate surface area is 89.2 Å². The molecule has 0 bridgehead atoms. The van der Waals surface area contributed by atoms with Gasteiger partial charge in [0.2, 0.25) is 0 Å². The average molecular weight is 217 g/mol. The molecule has 3 aromatic rings. The maximum Gasteiger partial charge on any atom is 0.143 e.